The van der Waals surface area contributed by atoms with Crippen LogP contribution in [0.25, 0.3) is 21.6 Å². The molecule has 2 heterocycles. The largest absolute Gasteiger partial charge is 0.352 e. The Labute approximate surface area is 137 Å². The van der Waals surface area contributed by atoms with Crippen LogP contribution in [0, 0.1) is 0 Å². The molecule has 0 aliphatic heterocycles. The van der Waals surface area contributed by atoms with Gasteiger partial charge in [0.15, 0.2) is 0 Å². The summed E-state index contributed by atoms with van der Waals surface area (Å²) < 4.78 is 0. The van der Waals surface area contributed by atoms with Gasteiger partial charge in [-0.05, 0) is 43.5 Å². The Morgan fingerprint density at radius 3 is 2.81 bits per heavy atom. The minimum absolute atomic E-state index is 0.632. The fourth-order valence-electron chi connectivity index (χ4n) is 2.54. The number of aromatic amines is 1. The predicted octanol–water partition coefficient (Wildman–Crippen LogP) is 4.88. The van der Waals surface area contributed by atoms with Crippen molar-refractivity contribution in [2.24, 2.45) is 5.73 Å². The number of nitrogens with one attached hydrogen (secondary N) is 1. The molecule has 0 saturated heterocycles. The standard InChI is InChI=1S/C15H15Cl2N3S/c16-9-7-11(17)13-10(3-1-2-4-18)14(20-12(13)8-9)15-19-5-6-21-15/h5-8,20H,1-4,18H2. The number of aryl methyl sites for hydroxylation is 1. The number of thiazole rings is 1. The van der Waals surface area contributed by atoms with Gasteiger partial charge in [0.2, 0.25) is 0 Å². The van der Waals surface area contributed by atoms with Crippen molar-refractivity contribution in [3.8, 4) is 10.7 Å². The van der Waals surface area contributed by atoms with Gasteiger partial charge in [0.05, 0.1) is 10.7 Å². The first-order chi connectivity index (χ1) is 10.2. The van der Waals surface area contributed by atoms with Gasteiger partial charge in [-0.25, -0.2) is 4.98 Å². The maximum Gasteiger partial charge on any atom is 0.139 e. The Morgan fingerprint density at radius 1 is 1.24 bits per heavy atom. The van der Waals surface area contributed by atoms with Crippen molar-refractivity contribution in [2.45, 2.75) is 19.3 Å². The van der Waals surface area contributed by atoms with E-state index < -0.39 is 0 Å². The zero-order valence-electron chi connectivity index (χ0n) is 11.3. The topological polar surface area (TPSA) is 54.7 Å². The molecule has 0 bridgehead atoms. The number of hydrogen-bond donors (Lipinski definition) is 2. The van der Waals surface area contributed by atoms with Crippen LogP contribution in [0.5, 0.6) is 0 Å². The average molecular weight is 340 g/mol. The smallest absolute Gasteiger partial charge is 0.139 e. The van der Waals surface area contributed by atoms with Crippen LogP contribution in [0.2, 0.25) is 10.0 Å². The van der Waals surface area contributed by atoms with E-state index in [1.54, 1.807) is 17.4 Å². The highest BCUT2D eigenvalue weighted by atomic mass is 35.5. The van der Waals surface area contributed by atoms with Gasteiger partial charge in [0.25, 0.3) is 0 Å². The Morgan fingerprint density at radius 2 is 2.10 bits per heavy atom. The zero-order valence-corrected chi connectivity index (χ0v) is 13.7. The summed E-state index contributed by atoms with van der Waals surface area (Å²) in [6.45, 7) is 0.703. The van der Waals surface area contributed by atoms with E-state index in [2.05, 4.69) is 9.97 Å². The molecular formula is C15H15Cl2N3S. The molecule has 2 aromatic heterocycles. The lowest BCUT2D eigenvalue weighted by atomic mass is 10.0. The van der Waals surface area contributed by atoms with Crippen LogP contribution < -0.4 is 5.73 Å². The number of nitrogens with two attached hydrogens (primary N) is 1. The molecule has 3 nitrogen and oxygen atoms in total. The molecule has 0 atom stereocenters. The number of nitrogens with zero attached hydrogens (tertiary/aromatic N) is 1. The molecule has 0 unspecified atom stereocenters. The second-order valence-corrected chi connectivity index (χ2v) is 6.61. The van der Waals surface area contributed by atoms with E-state index in [0.29, 0.717) is 16.6 Å². The molecule has 110 valence electrons. The van der Waals surface area contributed by atoms with Crippen molar-refractivity contribution >= 4 is 45.4 Å². The van der Waals surface area contributed by atoms with Crippen molar-refractivity contribution < 1.29 is 0 Å². The SMILES string of the molecule is NCCCCc1c(-c2nccs2)[nH]c2cc(Cl)cc(Cl)c12. The highest BCUT2D eigenvalue weighted by Gasteiger charge is 2.17. The van der Waals surface area contributed by atoms with Crippen LogP contribution in [0.4, 0.5) is 0 Å². The normalized spacial score (nSPS) is 11.4. The summed E-state index contributed by atoms with van der Waals surface area (Å²) in [5.41, 5.74) is 8.81. The van der Waals surface area contributed by atoms with Gasteiger partial charge in [-0.15, -0.1) is 11.3 Å². The summed E-state index contributed by atoms with van der Waals surface area (Å²) in [6, 6.07) is 3.70. The van der Waals surface area contributed by atoms with Gasteiger partial charge in [0, 0.05) is 27.5 Å². The van der Waals surface area contributed by atoms with Crippen LogP contribution in [0.3, 0.4) is 0 Å². The van der Waals surface area contributed by atoms with E-state index in [1.165, 1.54) is 5.56 Å². The molecule has 0 aliphatic carbocycles. The van der Waals surface area contributed by atoms with Gasteiger partial charge in [-0.2, -0.15) is 0 Å². The van der Waals surface area contributed by atoms with E-state index in [1.807, 2.05) is 17.6 Å². The Balaban J connectivity index is 2.16. The number of H-pyrrole nitrogens is 1. The molecule has 0 radical (unpaired) electrons. The summed E-state index contributed by atoms with van der Waals surface area (Å²) >= 11 is 14.1. The minimum Gasteiger partial charge on any atom is -0.352 e. The lowest BCUT2D eigenvalue weighted by Crippen LogP contribution is -1.99. The van der Waals surface area contributed by atoms with Gasteiger partial charge < -0.3 is 10.7 Å². The predicted molar refractivity (Wildman–Crippen MR) is 91.4 cm³/mol. The monoisotopic (exact) mass is 339 g/mol. The van der Waals surface area contributed by atoms with Crippen LogP contribution >= 0.6 is 34.5 Å². The fraction of sp³-hybridized carbons (Fsp3) is 0.267. The lowest BCUT2D eigenvalue weighted by molar-refractivity contribution is 0.748. The second kappa shape index (κ2) is 6.36. The van der Waals surface area contributed by atoms with Crippen LogP contribution in [-0.2, 0) is 6.42 Å². The van der Waals surface area contributed by atoms with Gasteiger partial charge in [0.1, 0.15) is 5.01 Å². The molecule has 3 N–H and O–H groups in total. The van der Waals surface area contributed by atoms with E-state index in [-0.39, 0.29) is 0 Å². The molecule has 0 amide bonds. The molecule has 3 aromatic rings. The quantitative estimate of drug-likeness (QED) is 0.651. The van der Waals surface area contributed by atoms with Crippen molar-refractivity contribution in [3.63, 3.8) is 0 Å². The van der Waals surface area contributed by atoms with Crippen molar-refractivity contribution in [3.05, 3.63) is 39.3 Å². The van der Waals surface area contributed by atoms with Gasteiger partial charge in [-0.1, -0.05) is 23.2 Å². The molecule has 3 rings (SSSR count). The highest BCUT2D eigenvalue weighted by molar-refractivity contribution is 7.13. The van der Waals surface area contributed by atoms with Gasteiger partial charge >= 0.3 is 0 Å². The van der Waals surface area contributed by atoms with E-state index >= 15 is 0 Å². The number of aromatic nitrogens is 2. The number of benzene rings is 1. The molecule has 0 fully saturated rings. The Kier molecular flexibility index (Phi) is 4.50. The zero-order chi connectivity index (χ0) is 14.8. The van der Waals surface area contributed by atoms with E-state index in [9.17, 15) is 0 Å². The third kappa shape index (κ3) is 2.94. The van der Waals surface area contributed by atoms with Crippen molar-refractivity contribution in [1.82, 2.24) is 9.97 Å². The lowest BCUT2D eigenvalue weighted by Gasteiger charge is -2.04. The van der Waals surface area contributed by atoms with E-state index in [4.69, 9.17) is 28.9 Å². The second-order valence-electron chi connectivity index (χ2n) is 4.87. The van der Waals surface area contributed by atoms with Crippen LogP contribution in [0.15, 0.2) is 23.7 Å². The number of unbranched alkanes of at least 4 members (excludes halogenated alkanes) is 1. The van der Waals surface area contributed by atoms with Crippen LogP contribution in [-0.4, -0.2) is 16.5 Å². The first kappa shape index (κ1) is 14.9. The first-order valence-electron chi connectivity index (χ1n) is 6.80. The average Bonchev–Trinajstić information content (AvgIpc) is 3.06. The number of fused-ring (bicyclic) bond motifs is 1. The Hall–Kier alpha value is -1.07. The minimum atomic E-state index is 0.632. The summed E-state index contributed by atoms with van der Waals surface area (Å²) in [4.78, 5) is 7.83. The molecule has 0 spiro atoms. The number of hydrogen-bond acceptors (Lipinski definition) is 3. The summed E-state index contributed by atoms with van der Waals surface area (Å²) in [7, 11) is 0. The summed E-state index contributed by atoms with van der Waals surface area (Å²) in [6.07, 6.45) is 4.76. The summed E-state index contributed by atoms with van der Waals surface area (Å²) in [5.74, 6) is 0. The van der Waals surface area contributed by atoms with Gasteiger partial charge in [-0.3, -0.25) is 0 Å². The maximum atomic E-state index is 6.41. The molecule has 0 saturated carbocycles. The molecule has 21 heavy (non-hydrogen) atoms. The third-order valence-electron chi connectivity index (χ3n) is 3.45. The van der Waals surface area contributed by atoms with Crippen molar-refractivity contribution in [2.75, 3.05) is 6.54 Å². The number of rotatable bonds is 5. The third-order valence-corrected chi connectivity index (χ3v) is 4.75. The molecule has 0 aliphatic rings. The summed E-state index contributed by atoms with van der Waals surface area (Å²) in [5, 5.41) is 5.30. The number of halogens is 2. The fourth-order valence-corrected chi connectivity index (χ4v) is 3.81. The molecule has 6 heteroatoms. The molecule has 1 aromatic carbocycles. The Bertz CT molecular complexity index is 750. The van der Waals surface area contributed by atoms with E-state index in [0.717, 1.165) is 40.9 Å². The maximum absolute atomic E-state index is 6.41. The van der Waals surface area contributed by atoms with Crippen LogP contribution in [0.1, 0.15) is 18.4 Å². The first-order valence-corrected chi connectivity index (χ1v) is 8.44. The molecular weight excluding hydrogens is 325 g/mol. The highest BCUT2D eigenvalue weighted by Crippen LogP contribution is 2.37. The van der Waals surface area contributed by atoms with Crippen molar-refractivity contribution in [1.29, 1.82) is 0 Å².